The van der Waals surface area contributed by atoms with E-state index >= 15 is 0 Å². The van der Waals surface area contributed by atoms with Crippen molar-refractivity contribution in [2.24, 2.45) is 0 Å². The maximum Gasteiger partial charge on any atom is 0.190 e. The van der Waals surface area contributed by atoms with E-state index in [0.29, 0.717) is 0 Å². The highest BCUT2D eigenvalue weighted by molar-refractivity contribution is 8.13. The van der Waals surface area contributed by atoms with E-state index in [1.165, 1.54) is 63.1 Å². The highest BCUT2D eigenvalue weighted by atomic mass is 32.2. The molecule has 0 aliphatic rings. The Morgan fingerprint density at radius 3 is 2.10 bits per heavy atom. The number of pyridine rings is 1. The van der Waals surface area contributed by atoms with Crippen molar-refractivity contribution in [1.82, 2.24) is 0 Å². The topological polar surface area (TPSA) is 20.9 Å². The van der Waals surface area contributed by atoms with Gasteiger partial charge in [-0.15, -0.1) is 0 Å². The molecule has 0 bridgehead atoms. The van der Waals surface area contributed by atoms with Gasteiger partial charge in [0.1, 0.15) is 6.54 Å². The summed E-state index contributed by atoms with van der Waals surface area (Å²) in [7, 11) is 0. The Bertz CT molecular complexity index is 375. The first-order valence-electron chi connectivity index (χ1n) is 7.90. The van der Waals surface area contributed by atoms with Gasteiger partial charge in [0, 0.05) is 30.4 Å². The van der Waals surface area contributed by atoms with E-state index in [9.17, 15) is 4.79 Å². The Morgan fingerprint density at radius 1 is 1.00 bits per heavy atom. The highest BCUT2D eigenvalue weighted by Crippen LogP contribution is 2.16. The summed E-state index contributed by atoms with van der Waals surface area (Å²) >= 11 is 1.30. The monoisotopic (exact) mass is 294 g/mol. The first kappa shape index (κ1) is 17.2. The first-order chi connectivity index (χ1) is 9.72. The Balaban J connectivity index is 2.08. The van der Waals surface area contributed by atoms with Crippen molar-refractivity contribution in [3.05, 3.63) is 24.5 Å². The van der Waals surface area contributed by atoms with Gasteiger partial charge in [0.2, 0.25) is 0 Å². The predicted octanol–water partition coefficient (Wildman–Crippen LogP) is 4.75. The molecule has 3 heteroatoms. The highest BCUT2D eigenvalue weighted by Gasteiger charge is 2.03. The average Bonchev–Trinajstić information content (AvgIpc) is 2.43. The fourth-order valence-corrected chi connectivity index (χ4v) is 2.84. The minimum atomic E-state index is 0.144. The van der Waals surface area contributed by atoms with Crippen molar-refractivity contribution >= 4 is 16.9 Å². The molecule has 0 aliphatic heterocycles. The molecule has 0 amide bonds. The van der Waals surface area contributed by atoms with Crippen LogP contribution in [0.15, 0.2) is 29.4 Å². The lowest BCUT2D eigenvalue weighted by Gasteiger charge is -2.01. The van der Waals surface area contributed by atoms with Crippen molar-refractivity contribution in [3.8, 4) is 0 Å². The van der Waals surface area contributed by atoms with E-state index in [1.54, 1.807) is 6.92 Å². The van der Waals surface area contributed by atoms with Crippen molar-refractivity contribution in [2.75, 3.05) is 0 Å². The molecule has 1 aromatic heterocycles. The molecule has 0 fully saturated rings. The zero-order valence-electron chi connectivity index (χ0n) is 12.9. The van der Waals surface area contributed by atoms with Crippen LogP contribution in [0.25, 0.3) is 0 Å². The Labute approximate surface area is 128 Å². The maximum atomic E-state index is 11.0. The number of nitrogens with zero attached hydrogens (tertiary/aromatic N) is 1. The van der Waals surface area contributed by atoms with Crippen molar-refractivity contribution in [1.29, 1.82) is 0 Å². The van der Waals surface area contributed by atoms with Crippen LogP contribution in [0.2, 0.25) is 0 Å². The number of hydrogen-bond acceptors (Lipinski definition) is 2. The molecule has 0 spiro atoms. The van der Waals surface area contributed by atoms with Crippen LogP contribution in [0.1, 0.15) is 65.2 Å². The third-order valence-electron chi connectivity index (χ3n) is 3.39. The predicted molar refractivity (Wildman–Crippen MR) is 85.8 cm³/mol. The van der Waals surface area contributed by atoms with E-state index in [2.05, 4.69) is 23.9 Å². The van der Waals surface area contributed by atoms with Crippen LogP contribution in [0.5, 0.6) is 0 Å². The standard InChI is InChI=1S/C17H28NOS/c1-3-4-5-6-7-8-9-10-13-18-14-11-17(12-15-18)20-16(2)19/h11-12,14-15H,3-10,13H2,1-2H3/q+1. The van der Waals surface area contributed by atoms with Crippen molar-refractivity contribution in [2.45, 2.75) is 76.7 Å². The molecule has 1 rings (SSSR count). The number of hydrogen-bond donors (Lipinski definition) is 0. The van der Waals surface area contributed by atoms with Crippen LogP contribution in [0, 0.1) is 0 Å². The van der Waals surface area contributed by atoms with Gasteiger partial charge in [0.05, 0.1) is 0 Å². The van der Waals surface area contributed by atoms with Gasteiger partial charge in [-0.25, -0.2) is 4.57 Å². The van der Waals surface area contributed by atoms with Gasteiger partial charge in [-0.1, -0.05) is 57.2 Å². The van der Waals surface area contributed by atoms with Gasteiger partial charge in [0.15, 0.2) is 17.5 Å². The summed E-state index contributed by atoms with van der Waals surface area (Å²) < 4.78 is 2.21. The molecule has 0 radical (unpaired) electrons. The van der Waals surface area contributed by atoms with Crippen LogP contribution in [0.3, 0.4) is 0 Å². The molecule has 112 valence electrons. The largest absolute Gasteiger partial charge is 0.287 e. The smallest absolute Gasteiger partial charge is 0.190 e. The summed E-state index contributed by atoms with van der Waals surface area (Å²) in [5, 5.41) is 0.144. The van der Waals surface area contributed by atoms with Gasteiger partial charge in [-0.2, -0.15) is 0 Å². The summed E-state index contributed by atoms with van der Waals surface area (Å²) in [5.41, 5.74) is 0. The van der Waals surface area contributed by atoms with E-state index in [-0.39, 0.29) is 5.12 Å². The number of unbranched alkanes of at least 4 members (excludes halogenated alkanes) is 7. The fraction of sp³-hybridized carbons (Fsp3) is 0.647. The average molecular weight is 294 g/mol. The van der Waals surface area contributed by atoms with Crippen LogP contribution in [-0.4, -0.2) is 5.12 Å². The number of thioether (sulfide) groups is 1. The minimum Gasteiger partial charge on any atom is -0.287 e. The molecule has 0 atom stereocenters. The van der Waals surface area contributed by atoms with Crippen molar-refractivity contribution < 1.29 is 9.36 Å². The molecule has 0 N–H and O–H groups in total. The zero-order chi connectivity index (χ0) is 14.6. The third-order valence-corrected chi connectivity index (χ3v) is 4.19. The van der Waals surface area contributed by atoms with Crippen LogP contribution >= 0.6 is 11.8 Å². The molecule has 0 saturated heterocycles. The van der Waals surface area contributed by atoms with Crippen molar-refractivity contribution in [3.63, 3.8) is 0 Å². The van der Waals surface area contributed by atoms with Crippen LogP contribution < -0.4 is 4.57 Å². The molecule has 0 unspecified atom stereocenters. The molecule has 20 heavy (non-hydrogen) atoms. The number of aryl methyl sites for hydroxylation is 1. The van der Waals surface area contributed by atoms with E-state index in [0.717, 1.165) is 11.4 Å². The Hall–Kier alpha value is -0.830. The molecule has 1 aromatic rings. The fourth-order valence-electron chi connectivity index (χ4n) is 2.25. The molecule has 0 saturated carbocycles. The lowest BCUT2D eigenvalue weighted by molar-refractivity contribution is -0.697. The second-order valence-electron chi connectivity index (χ2n) is 5.34. The quantitative estimate of drug-likeness (QED) is 0.352. The van der Waals surface area contributed by atoms with Gasteiger partial charge in [-0.05, 0) is 6.42 Å². The van der Waals surface area contributed by atoms with Gasteiger partial charge in [0.25, 0.3) is 0 Å². The number of aromatic nitrogens is 1. The summed E-state index contributed by atoms with van der Waals surface area (Å²) in [6.07, 6.45) is 15.0. The number of rotatable bonds is 10. The van der Waals surface area contributed by atoms with Crippen LogP contribution in [-0.2, 0) is 11.3 Å². The second kappa shape index (κ2) is 10.9. The van der Waals surface area contributed by atoms with Gasteiger partial charge < -0.3 is 0 Å². The van der Waals surface area contributed by atoms with Gasteiger partial charge in [-0.3, -0.25) is 4.79 Å². The molecule has 2 nitrogen and oxygen atoms in total. The van der Waals surface area contributed by atoms with E-state index in [1.807, 2.05) is 12.1 Å². The normalized spacial score (nSPS) is 10.7. The summed E-state index contributed by atoms with van der Waals surface area (Å²) in [6.45, 7) is 4.95. The third kappa shape index (κ3) is 8.36. The lowest BCUT2D eigenvalue weighted by atomic mass is 10.1. The number of carbonyl (C=O) groups is 1. The SMILES string of the molecule is CCCCCCCCCC[n+]1ccc(SC(C)=O)cc1. The van der Waals surface area contributed by atoms with E-state index < -0.39 is 0 Å². The second-order valence-corrected chi connectivity index (χ2v) is 6.59. The van der Waals surface area contributed by atoms with Crippen LogP contribution in [0.4, 0.5) is 0 Å². The molecule has 1 heterocycles. The Kier molecular flexibility index (Phi) is 9.38. The lowest BCUT2D eigenvalue weighted by Crippen LogP contribution is -2.32. The zero-order valence-corrected chi connectivity index (χ0v) is 13.8. The molecular weight excluding hydrogens is 266 g/mol. The Morgan fingerprint density at radius 2 is 1.55 bits per heavy atom. The molecular formula is C17H28NOS+. The maximum absolute atomic E-state index is 11.0. The number of carbonyl (C=O) groups excluding carboxylic acids is 1. The molecule has 0 aromatic carbocycles. The summed E-state index contributed by atoms with van der Waals surface area (Å²) in [6, 6.07) is 4.05. The minimum absolute atomic E-state index is 0.144. The van der Waals surface area contributed by atoms with E-state index in [4.69, 9.17) is 0 Å². The first-order valence-corrected chi connectivity index (χ1v) is 8.71. The molecule has 0 aliphatic carbocycles. The summed E-state index contributed by atoms with van der Waals surface area (Å²) in [4.78, 5) is 12.0. The van der Waals surface area contributed by atoms with Gasteiger partial charge >= 0.3 is 0 Å². The summed E-state index contributed by atoms with van der Waals surface area (Å²) in [5.74, 6) is 0.